The lowest BCUT2D eigenvalue weighted by atomic mass is 10.0. The first-order valence-corrected chi connectivity index (χ1v) is 6.89. The van der Waals surface area contributed by atoms with Gasteiger partial charge in [-0.25, -0.2) is 0 Å². The molecular formula is C16H20N2O4. The summed E-state index contributed by atoms with van der Waals surface area (Å²) >= 11 is 0. The van der Waals surface area contributed by atoms with E-state index in [0.29, 0.717) is 17.1 Å². The summed E-state index contributed by atoms with van der Waals surface area (Å²) in [6.45, 7) is 4.92. The number of nitriles is 1. The number of benzene rings is 1. The van der Waals surface area contributed by atoms with Crippen LogP contribution in [0.15, 0.2) is 18.2 Å². The fourth-order valence-corrected chi connectivity index (χ4v) is 1.95. The van der Waals surface area contributed by atoms with E-state index in [2.05, 4.69) is 5.32 Å². The van der Waals surface area contributed by atoms with E-state index in [9.17, 15) is 9.59 Å². The molecule has 0 aromatic heterocycles. The fraction of sp³-hybridized carbons (Fsp3) is 0.438. The topological polar surface area (TPSA) is 88.4 Å². The molecule has 1 aromatic carbocycles. The van der Waals surface area contributed by atoms with Crippen molar-refractivity contribution < 1.29 is 19.1 Å². The molecule has 1 amide bonds. The second-order valence-corrected chi connectivity index (χ2v) is 5.17. The average Bonchev–Trinajstić information content (AvgIpc) is 2.49. The molecule has 0 aliphatic rings. The second kappa shape index (κ2) is 8.03. The van der Waals surface area contributed by atoms with Crippen LogP contribution in [0.3, 0.4) is 0 Å². The van der Waals surface area contributed by atoms with Crippen LogP contribution < -0.4 is 14.8 Å². The van der Waals surface area contributed by atoms with Gasteiger partial charge in [0.2, 0.25) is 0 Å². The standard InChI is InChI=1S/C16H20N2O4/c1-10(2)16(11(3)19)18-15(20)9-22-13-6-5-12(8-17)7-14(13)21-4/h5-7,10,16H,9H2,1-4H3,(H,18,20). The van der Waals surface area contributed by atoms with Gasteiger partial charge in [0.25, 0.3) is 5.91 Å². The van der Waals surface area contributed by atoms with Gasteiger partial charge in [-0.1, -0.05) is 13.8 Å². The molecule has 6 nitrogen and oxygen atoms in total. The maximum absolute atomic E-state index is 11.9. The molecule has 0 heterocycles. The number of Topliss-reactive ketones (excluding diaryl/α,β-unsaturated/α-hetero) is 1. The van der Waals surface area contributed by atoms with Crippen molar-refractivity contribution in [1.29, 1.82) is 5.26 Å². The van der Waals surface area contributed by atoms with Crippen molar-refractivity contribution in [2.45, 2.75) is 26.8 Å². The van der Waals surface area contributed by atoms with Gasteiger partial charge in [-0.3, -0.25) is 9.59 Å². The highest BCUT2D eigenvalue weighted by atomic mass is 16.5. The zero-order chi connectivity index (χ0) is 16.7. The van der Waals surface area contributed by atoms with E-state index in [1.807, 2.05) is 19.9 Å². The Morgan fingerprint density at radius 1 is 1.32 bits per heavy atom. The maximum Gasteiger partial charge on any atom is 0.258 e. The Balaban J connectivity index is 2.68. The van der Waals surface area contributed by atoms with Gasteiger partial charge in [0.05, 0.1) is 24.8 Å². The van der Waals surface area contributed by atoms with Crippen LogP contribution in [0.5, 0.6) is 11.5 Å². The molecule has 1 rings (SSSR count). The molecule has 22 heavy (non-hydrogen) atoms. The van der Waals surface area contributed by atoms with E-state index in [1.54, 1.807) is 12.1 Å². The van der Waals surface area contributed by atoms with E-state index in [0.717, 1.165) is 0 Å². The smallest absolute Gasteiger partial charge is 0.258 e. The van der Waals surface area contributed by atoms with Crippen molar-refractivity contribution in [1.82, 2.24) is 5.32 Å². The van der Waals surface area contributed by atoms with Gasteiger partial charge in [-0.15, -0.1) is 0 Å². The number of amides is 1. The highest BCUT2D eigenvalue weighted by Crippen LogP contribution is 2.27. The van der Waals surface area contributed by atoms with Crippen molar-refractivity contribution in [2.24, 2.45) is 5.92 Å². The first-order valence-electron chi connectivity index (χ1n) is 6.89. The number of nitrogens with one attached hydrogen (secondary N) is 1. The van der Waals surface area contributed by atoms with E-state index in [-0.39, 0.29) is 24.2 Å². The average molecular weight is 304 g/mol. The van der Waals surface area contributed by atoms with Crippen LogP contribution >= 0.6 is 0 Å². The number of carbonyl (C=O) groups excluding carboxylic acids is 2. The minimum atomic E-state index is -0.529. The summed E-state index contributed by atoms with van der Waals surface area (Å²) < 4.78 is 10.5. The zero-order valence-corrected chi connectivity index (χ0v) is 13.2. The summed E-state index contributed by atoms with van der Waals surface area (Å²) in [5.41, 5.74) is 0.435. The number of hydrogen-bond donors (Lipinski definition) is 1. The Hall–Kier alpha value is -2.55. The predicted octanol–water partition coefficient (Wildman–Crippen LogP) is 1.68. The van der Waals surface area contributed by atoms with Crippen LogP contribution in [0.1, 0.15) is 26.3 Å². The molecule has 0 aliphatic carbocycles. The van der Waals surface area contributed by atoms with Gasteiger partial charge in [-0.2, -0.15) is 5.26 Å². The number of hydrogen-bond acceptors (Lipinski definition) is 5. The Kier molecular flexibility index (Phi) is 6.39. The van der Waals surface area contributed by atoms with Gasteiger partial charge in [0.15, 0.2) is 23.9 Å². The molecule has 0 aliphatic heterocycles. The third-order valence-electron chi connectivity index (χ3n) is 3.07. The highest BCUT2D eigenvalue weighted by molar-refractivity contribution is 5.88. The zero-order valence-electron chi connectivity index (χ0n) is 13.2. The van der Waals surface area contributed by atoms with E-state index < -0.39 is 6.04 Å². The number of ether oxygens (including phenoxy) is 2. The number of ketones is 1. The van der Waals surface area contributed by atoms with Crippen molar-refractivity contribution >= 4 is 11.7 Å². The normalized spacial score (nSPS) is 11.5. The van der Waals surface area contributed by atoms with Gasteiger partial charge < -0.3 is 14.8 Å². The monoisotopic (exact) mass is 304 g/mol. The fourth-order valence-electron chi connectivity index (χ4n) is 1.95. The summed E-state index contributed by atoms with van der Waals surface area (Å²) in [4.78, 5) is 23.3. The molecule has 0 saturated heterocycles. The van der Waals surface area contributed by atoms with Gasteiger partial charge in [0.1, 0.15) is 0 Å². The Bertz CT molecular complexity index is 590. The third kappa shape index (κ3) is 4.77. The van der Waals surface area contributed by atoms with Crippen LogP contribution in [0.4, 0.5) is 0 Å². The summed E-state index contributed by atoms with van der Waals surface area (Å²) in [6, 6.07) is 6.13. The molecule has 0 fully saturated rings. The molecule has 0 bridgehead atoms. The van der Waals surface area contributed by atoms with E-state index in [1.165, 1.54) is 20.1 Å². The summed E-state index contributed by atoms with van der Waals surface area (Å²) in [5, 5.41) is 11.5. The van der Waals surface area contributed by atoms with Crippen LogP contribution in [0, 0.1) is 17.2 Å². The van der Waals surface area contributed by atoms with Crippen LogP contribution in [0.25, 0.3) is 0 Å². The van der Waals surface area contributed by atoms with E-state index >= 15 is 0 Å². The Morgan fingerprint density at radius 3 is 2.50 bits per heavy atom. The minimum absolute atomic E-state index is 0.00546. The third-order valence-corrected chi connectivity index (χ3v) is 3.07. The summed E-state index contributed by atoms with van der Waals surface area (Å²) in [7, 11) is 1.45. The molecule has 0 radical (unpaired) electrons. The molecule has 1 atom stereocenters. The maximum atomic E-state index is 11.9. The molecular weight excluding hydrogens is 284 g/mol. The molecule has 0 spiro atoms. The van der Waals surface area contributed by atoms with Gasteiger partial charge >= 0.3 is 0 Å². The number of carbonyl (C=O) groups is 2. The van der Waals surface area contributed by atoms with Crippen LogP contribution in [-0.2, 0) is 9.59 Å². The largest absolute Gasteiger partial charge is 0.493 e. The SMILES string of the molecule is COc1cc(C#N)ccc1OCC(=O)NC(C(C)=O)C(C)C. The quantitative estimate of drug-likeness (QED) is 0.828. The lowest BCUT2D eigenvalue weighted by Crippen LogP contribution is -2.45. The summed E-state index contributed by atoms with van der Waals surface area (Å²) in [5.74, 6) is 0.255. The molecule has 118 valence electrons. The van der Waals surface area contributed by atoms with Crippen molar-refractivity contribution in [3.63, 3.8) is 0 Å². The number of methoxy groups -OCH3 is 1. The van der Waals surface area contributed by atoms with Crippen molar-refractivity contribution in [3.8, 4) is 17.6 Å². The lowest BCUT2D eigenvalue weighted by molar-refractivity contribution is -0.129. The summed E-state index contributed by atoms with van der Waals surface area (Å²) in [6.07, 6.45) is 0. The van der Waals surface area contributed by atoms with Crippen LogP contribution in [-0.4, -0.2) is 31.4 Å². The molecule has 1 unspecified atom stereocenters. The minimum Gasteiger partial charge on any atom is -0.493 e. The highest BCUT2D eigenvalue weighted by Gasteiger charge is 2.20. The molecule has 1 aromatic rings. The Morgan fingerprint density at radius 2 is 2.00 bits per heavy atom. The van der Waals surface area contributed by atoms with Gasteiger partial charge in [0, 0.05) is 6.07 Å². The first-order chi connectivity index (χ1) is 10.4. The number of nitrogens with zero attached hydrogens (tertiary/aromatic N) is 1. The van der Waals surface area contributed by atoms with Crippen molar-refractivity contribution in [3.05, 3.63) is 23.8 Å². The first kappa shape index (κ1) is 17.5. The molecule has 6 heteroatoms. The second-order valence-electron chi connectivity index (χ2n) is 5.17. The predicted molar refractivity (Wildman–Crippen MR) is 80.7 cm³/mol. The van der Waals surface area contributed by atoms with E-state index in [4.69, 9.17) is 14.7 Å². The Labute approximate surface area is 130 Å². The molecule has 1 N–H and O–H groups in total. The van der Waals surface area contributed by atoms with Gasteiger partial charge in [-0.05, 0) is 25.0 Å². The molecule has 0 saturated carbocycles. The van der Waals surface area contributed by atoms with Crippen LogP contribution in [0.2, 0.25) is 0 Å². The number of rotatable bonds is 7. The van der Waals surface area contributed by atoms with Crippen molar-refractivity contribution in [2.75, 3.05) is 13.7 Å². The lowest BCUT2D eigenvalue weighted by Gasteiger charge is -2.19.